The number of amides is 2. The van der Waals surface area contributed by atoms with Crippen LogP contribution in [0.5, 0.6) is 0 Å². The fourth-order valence-electron chi connectivity index (χ4n) is 4.60. The normalized spacial score (nSPS) is 15.1. The summed E-state index contributed by atoms with van der Waals surface area (Å²) in [7, 11) is -3.94. The smallest absolute Gasteiger partial charge is 0.244 e. The molecule has 0 aromatic heterocycles. The molecule has 0 heterocycles. The molecule has 3 rings (SSSR count). The van der Waals surface area contributed by atoms with Crippen molar-refractivity contribution in [3.05, 3.63) is 62.1 Å². The van der Waals surface area contributed by atoms with E-state index in [-0.39, 0.29) is 29.2 Å². The molecular formula is C26H31Cl4N3O4S. The number of halogens is 4. The van der Waals surface area contributed by atoms with Crippen molar-refractivity contribution < 1.29 is 18.0 Å². The number of sulfonamides is 1. The molecule has 208 valence electrons. The molecule has 0 radical (unpaired) electrons. The topological polar surface area (TPSA) is 86.8 Å². The minimum absolute atomic E-state index is 0.0338. The Labute approximate surface area is 244 Å². The number of benzene rings is 2. The predicted octanol–water partition coefficient (Wildman–Crippen LogP) is 6.32. The molecule has 0 spiro atoms. The molecule has 7 nitrogen and oxygen atoms in total. The number of carbonyl (C=O) groups excluding carboxylic acids is 2. The summed E-state index contributed by atoms with van der Waals surface area (Å²) in [6.07, 6.45) is 6.23. The molecule has 1 fully saturated rings. The molecule has 1 N–H and O–H groups in total. The molecule has 1 saturated carbocycles. The Bertz CT molecular complexity index is 1250. The quantitative estimate of drug-likeness (QED) is 0.336. The first-order valence-electron chi connectivity index (χ1n) is 12.4. The number of anilines is 1. The van der Waals surface area contributed by atoms with Crippen molar-refractivity contribution >= 4 is 73.9 Å². The third-order valence-electron chi connectivity index (χ3n) is 6.59. The third kappa shape index (κ3) is 7.92. The van der Waals surface area contributed by atoms with E-state index < -0.39 is 28.5 Å². The van der Waals surface area contributed by atoms with Crippen LogP contribution in [-0.2, 0) is 26.2 Å². The zero-order valence-corrected chi connectivity index (χ0v) is 25.1. The molecular weight excluding hydrogens is 592 g/mol. The summed E-state index contributed by atoms with van der Waals surface area (Å²) in [5.41, 5.74) is 0.561. The van der Waals surface area contributed by atoms with Gasteiger partial charge in [-0.25, -0.2) is 8.42 Å². The Morgan fingerprint density at radius 1 is 1.00 bits per heavy atom. The number of nitrogens with zero attached hydrogens (tertiary/aromatic N) is 2. The van der Waals surface area contributed by atoms with Gasteiger partial charge in [0.05, 0.1) is 17.0 Å². The summed E-state index contributed by atoms with van der Waals surface area (Å²) in [5, 5.41) is 4.13. The van der Waals surface area contributed by atoms with Gasteiger partial charge in [0.15, 0.2) is 0 Å². The number of carbonyl (C=O) groups is 2. The summed E-state index contributed by atoms with van der Waals surface area (Å²) in [4.78, 5) is 28.7. The first-order valence-corrected chi connectivity index (χ1v) is 15.7. The zero-order chi connectivity index (χ0) is 28.0. The van der Waals surface area contributed by atoms with Crippen LogP contribution >= 0.6 is 46.4 Å². The molecule has 1 atom stereocenters. The van der Waals surface area contributed by atoms with Crippen molar-refractivity contribution in [1.82, 2.24) is 10.2 Å². The van der Waals surface area contributed by atoms with Crippen LogP contribution in [0.2, 0.25) is 20.1 Å². The highest BCUT2D eigenvalue weighted by Crippen LogP contribution is 2.31. The van der Waals surface area contributed by atoms with Gasteiger partial charge >= 0.3 is 0 Å². The predicted molar refractivity (Wildman–Crippen MR) is 155 cm³/mol. The van der Waals surface area contributed by atoms with Crippen LogP contribution in [0.3, 0.4) is 0 Å². The van der Waals surface area contributed by atoms with Gasteiger partial charge in [-0.3, -0.25) is 13.9 Å². The molecule has 1 aliphatic carbocycles. The highest BCUT2D eigenvalue weighted by Gasteiger charge is 2.34. The van der Waals surface area contributed by atoms with Gasteiger partial charge in [-0.05, 0) is 49.6 Å². The highest BCUT2D eigenvalue weighted by molar-refractivity contribution is 7.92. The lowest BCUT2D eigenvalue weighted by atomic mass is 9.95. The van der Waals surface area contributed by atoms with E-state index in [4.69, 9.17) is 46.4 Å². The van der Waals surface area contributed by atoms with E-state index in [1.54, 1.807) is 25.1 Å². The van der Waals surface area contributed by atoms with Crippen molar-refractivity contribution in [2.75, 3.05) is 17.1 Å². The molecule has 0 unspecified atom stereocenters. The molecule has 1 aliphatic rings. The summed E-state index contributed by atoms with van der Waals surface area (Å²) in [6, 6.07) is 8.44. The van der Waals surface area contributed by atoms with Crippen LogP contribution in [0.25, 0.3) is 0 Å². The maximum atomic E-state index is 13.9. The van der Waals surface area contributed by atoms with Gasteiger partial charge in [0, 0.05) is 33.2 Å². The Kier molecular flexibility index (Phi) is 11.0. The maximum absolute atomic E-state index is 13.9. The Morgan fingerprint density at radius 2 is 1.63 bits per heavy atom. The van der Waals surface area contributed by atoms with Crippen LogP contribution in [0, 0.1) is 0 Å². The minimum atomic E-state index is -3.94. The van der Waals surface area contributed by atoms with Crippen molar-refractivity contribution in [1.29, 1.82) is 0 Å². The molecule has 0 bridgehead atoms. The SMILES string of the molecule is CC[C@@H](C(=O)NC1CCCCC1)N(Cc1c(Cl)cccc1Cl)C(=O)CN(c1ccc(Cl)cc1Cl)S(C)(=O)=O. The molecule has 2 aromatic carbocycles. The molecule has 0 saturated heterocycles. The Morgan fingerprint density at radius 3 is 2.18 bits per heavy atom. The molecule has 12 heteroatoms. The summed E-state index contributed by atoms with van der Waals surface area (Å²) in [5.74, 6) is -0.908. The third-order valence-corrected chi connectivity index (χ3v) is 8.96. The van der Waals surface area contributed by atoms with Crippen molar-refractivity contribution in [3.8, 4) is 0 Å². The zero-order valence-electron chi connectivity index (χ0n) is 21.2. The highest BCUT2D eigenvalue weighted by atomic mass is 35.5. The summed E-state index contributed by atoms with van der Waals surface area (Å²) >= 11 is 25.1. The second kappa shape index (κ2) is 13.6. The second-order valence-corrected chi connectivity index (χ2v) is 12.9. The van der Waals surface area contributed by atoms with Gasteiger partial charge in [0.25, 0.3) is 0 Å². The summed E-state index contributed by atoms with van der Waals surface area (Å²) in [6.45, 7) is 1.12. The van der Waals surface area contributed by atoms with E-state index in [1.807, 2.05) is 0 Å². The second-order valence-electron chi connectivity index (χ2n) is 9.35. The van der Waals surface area contributed by atoms with Crippen molar-refractivity contribution in [2.45, 2.75) is 64.1 Å². The lowest BCUT2D eigenvalue weighted by Crippen LogP contribution is -2.54. The van der Waals surface area contributed by atoms with Gasteiger partial charge in [0.2, 0.25) is 21.8 Å². The van der Waals surface area contributed by atoms with Gasteiger partial charge in [0.1, 0.15) is 12.6 Å². The fraction of sp³-hybridized carbons (Fsp3) is 0.462. The van der Waals surface area contributed by atoms with E-state index in [0.717, 1.165) is 42.7 Å². The van der Waals surface area contributed by atoms with Crippen LogP contribution in [-0.4, -0.2) is 50.0 Å². The number of nitrogens with one attached hydrogen (secondary N) is 1. The van der Waals surface area contributed by atoms with Crippen LogP contribution < -0.4 is 9.62 Å². The van der Waals surface area contributed by atoms with Gasteiger partial charge < -0.3 is 10.2 Å². The molecule has 2 aromatic rings. The van der Waals surface area contributed by atoms with Gasteiger partial charge in [-0.1, -0.05) is 78.7 Å². The fourth-order valence-corrected chi connectivity index (χ4v) is 6.53. The van der Waals surface area contributed by atoms with Gasteiger partial charge in [-0.15, -0.1) is 0 Å². The minimum Gasteiger partial charge on any atom is -0.352 e. The number of rotatable bonds is 10. The van der Waals surface area contributed by atoms with E-state index in [9.17, 15) is 18.0 Å². The van der Waals surface area contributed by atoms with Gasteiger partial charge in [-0.2, -0.15) is 0 Å². The van der Waals surface area contributed by atoms with Crippen LogP contribution in [0.15, 0.2) is 36.4 Å². The van der Waals surface area contributed by atoms with E-state index in [0.29, 0.717) is 27.1 Å². The average Bonchev–Trinajstić information content (AvgIpc) is 2.84. The van der Waals surface area contributed by atoms with E-state index in [1.165, 1.54) is 23.1 Å². The van der Waals surface area contributed by atoms with Crippen molar-refractivity contribution in [2.24, 2.45) is 0 Å². The van der Waals surface area contributed by atoms with Crippen LogP contribution in [0.4, 0.5) is 5.69 Å². The van der Waals surface area contributed by atoms with Crippen molar-refractivity contribution in [3.63, 3.8) is 0 Å². The first-order chi connectivity index (χ1) is 17.9. The Hall–Kier alpha value is -1.71. The number of hydrogen-bond donors (Lipinski definition) is 1. The number of hydrogen-bond acceptors (Lipinski definition) is 4. The lowest BCUT2D eigenvalue weighted by molar-refractivity contribution is -0.140. The molecule has 2 amide bonds. The lowest BCUT2D eigenvalue weighted by Gasteiger charge is -2.34. The Balaban J connectivity index is 1.98. The largest absolute Gasteiger partial charge is 0.352 e. The van der Waals surface area contributed by atoms with E-state index in [2.05, 4.69) is 5.32 Å². The molecule has 0 aliphatic heterocycles. The van der Waals surface area contributed by atoms with Crippen LogP contribution in [0.1, 0.15) is 51.0 Å². The standard InChI is InChI=1S/C26H31Cl4N3O4S/c1-3-23(26(35)31-18-8-5-4-6-9-18)32(15-19-20(28)10-7-11-21(19)29)25(34)16-33(38(2,36)37)24-13-12-17(27)14-22(24)30/h7,10-14,18,23H,3-6,8-9,15-16H2,1-2H3,(H,31,35)/t23-/m0/s1. The summed E-state index contributed by atoms with van der Waals surface area (Å²) < 4.78 is 26.4. The first kappa shape index (κ1) is 30.8. The monoisotopic (exact) mass is 621 g/mol. The van der Waals surface area contributed by atoms with E-state index >= 15 is 0 Å². The maximum Gasteiger partial charge on any atom is 0.244 e. The molecule has 38 heavy (non-hydrogen) atoms. The average molecular weight is 623 g/mol.